The fraction of sp³-hybridized carbons (Fsp3) is 0.207. The van der Waals surface area contributed by atoms with Crippen LogP contribution in [0.3, 0.4) is 0 Å². The first kappa shape index (κ1) is 31.1. The highest BCUT2D eigenvalue weighted by Crippen LogP contribution is 2.26. The molecule has 0 saturated heterocycles. The number of aryl methyl sites for hydroxylation is 4. The minimum atomic E-state index is -3.11. The predicted octanol–water partition coefficient (Wildman–Crippen LogP) is 6.66. The Morgan fingerprint density at radius 2 is 1.59 bits per heavy atom. The van der Waals surface area contributed by atoms with Crippen molar-refractivity contribution in [2.75, 3.05) is 0 Å². The molecule has 0 aliphatic heterocycles. The number of hydrogen-bond donors (Lipinski definition) is 0. The van der Waals surface area contributed by atoms with Gasteiger partial charge in [-0.15, -0.1) is 12.6 Å². The molecule has 0 saturated carbocycles. The van der Waals surface area contributed by atoms with Gasteiger partial charge in [0.05, 0.1) is 28.0 Å². The third kappa shape index (κ3) is 11.4. The van der Waals surface area contributed by atoms with Crippen LogP contribution in [0.25, 0.3) is 0 Å². The van der Waals surface area contributed by atoms with Crippen LogP contribution in [0.1, 0.15) is 41.4 Å². The Kier molecular flexibility index (Phi) is 13.3. The maximum atomic E-state index is 13.9. The molecule has 0 aliphatic rings. The van der Waals surface area contributed by atoms with Crippen LogP contribution >= 0.6 is 11.6 Å². The summed E-state index contributed by atoms with van der Waals surface area (Å²) in [5, 5.41) is 9.45. The lowest BCUT2D eigenvalue weighted by Gasteiger charge is -2.09. The lowest BCUT2D eigenvalue weighted by molar-refractivity contribution is 0.442. The van der Waals surface area contributed by atoms with E-state index < -0.39 is 16.4 Å². The number of hydrogen-bond acceptors (Lipinski definition) is 7. The molecule has 0 bridgehead atoms. The van der Waals surface area contributed by atoms with Crippen molar-refractivity contribution in [3.8, 4) is 17.6 Å². The number of nitriles is 1. The smallest absolute Gasteiger partial charge is 0.425 e. The second-order valence-corrected chi connectivity index (χ2v) is 8.94. The molecule has 7 nitrogen and oxygen atoms in total. The molecular weight excluding hydrogens is 541 g/mol. The van der Waals surface area contributed by atoms with Gasteiger partial charge in [-0.05, 0) is 68.5 Å². The van der Waals surface area contributed by atoms with E-state index in [9.17, 15) is 4.39 Å². The van der Waals surface area contributed by atoms with Crippen LogP contribution in [0, 0.1) is 24.1 Å². The highest BCUT2D eigenvalue weighted by Gasteiger charge is 2.08. The average molecular weight is 568 g/mol. The van der Waals surface area contributed by atoms with Gasteiger partial charge in [0.15, 0.2) is 11.6 Å². The number of benzene rings is 3. The first-order valence-corrected chi connectivity index (χ1v) is 13.3. The number of ether oxygens (including phenoxy) is 1. The summed E-state index contributed by atoms with van der Waals surface area (Å²) in [6.45, 7) is 4.10. The van der Waals surface area contributed by atoms with E-state index in [0.29, 0.717) is 10.8 Å². The lowest BCUT2D eigenvalue weighted by Crippen LogP contribution is -1.99. The molecule has 3 aromatic carbocycles. The molecule has 0 amide bonds. The fourth-order valence-corrected chi connectivity index (χ4v) is 3.69. The van der Waals surface area contributed by atoms with Crippen LogP contribution in [0.15, 0.2) is 79.1 Å². The summed E-state index contributed by atoms with van der Waals surface area (Å²) >= 11 is 6.33. The van der Waals surface area contributed by atoms with Gasteiger partial charge in [-0.2, -0.15) is 5.26 Å². The molecule has 0 radical (unpaired) electrons. The molecule has 39 heavy (non-hydrogen) atoms. The predicted molar refractivity (Wildman–Crippen MR) is 147 cm³/mol. The second-order valence-electron chi connectivity index (χ2n) is 8.15. The van der Waals surface area contributed by atoms with Crippen LogP contribution < -0.4 is 4.74 Å². The zero-order valence-corrected chi connectivity index (χ0v) is 23.0. The van der Waals surface area contributed by atoms with Crippen molar-refractivity contribution in [3.05, 3.63) is 118 Å². The average Bonchev–Trinajstić information content (AvgIpc) is 2.92. The van der Waals surface area contributed by atoms with E-state index in [1.807, 2.05) is 43.3 Å². The molecule has 202 valence electrons. The zero-order chi connectivity index (χ0) is 28.6. The summed E-state index contributed by atoms with van der Waals surface area (Å²) in [6, 6.07) is 23.8. The summed E-state index contributed by atoms with van der Waals surface area (Å²) in [7, 11) is -3.11. The van der Waals surface area contributed by atoms with Crippen molar-refractivity contribution in [1.82, 2.24) is 9.97 Å². The van der Waals surface area contributed by atoms with Gasteiger partial charge in [0.2, 0.25) is 0 Å². The summed E-state index contributed by atoms with van der Waals surface area (Å²) in [5.74, 6) is 0.0759. The molecule has 10 heteroatoms. The topological polar surface area (TPSA) is 110 Å². The van der Waals surface area contributed by atoms with Gasteiger partial charge in [-0.25, -0.2) is 14.4 Å². The lowest BCUT2D eigenvalue weighted by atomic mass is 10.1. The largest absolute Gasteiger partial charge is 0.454 e. The summed E-state index contributed by atoms with van der Waals surface area (Å²) in [6.07, 6.45) is 4.91. The van der Waals surface area contributed by atoms with Gasteiger partial charge < -0.3 is 4.74 Å². The number of halogens is 2. The van der Waals surface area contributed by atoms with Crippen LogP contribution in [0.5, 0.6) is 11.5 Å². The first-order valence-electron chi connectivity index (χ1n) is 12.0. The van der Waals surface area contributed by atoms with Crippen LogP contribution in [0.2, 0.25) is 5.02 Å². The van der Waals surface area contributed by atoms with Gasteiger partial charge in [-0.3, -0.25) is 0 Å². The Labute approximate surface area is 234 Å². The van der Waals surface area contributed by atoms with E-state index in [-0.39, 0.29) is 11.3 Å². The standard InChI is InChI=1S/C22H19ClFN3O.C7H8.O3S/c1-2-19-22(23)20(27-14-26-19)5-3-4-15-6-9-17(10-7-15)28-21-11-8-16(13-25)12-18(21)24;1-7-5-3-2-4-6-7;1-4(2)3/h6-12,14H,2-5H2,1H3;2-6H,1H3;. The molecule has 0 atom stereocenters. The van der Waals surface area contributed by atoms with Gasteiger partial charge in [0, 0.05) is 0 Å². The summed E-state index contributed by atoms with van der Waals surface area (Å²) in [5.41, 5.74) is 4.49. The van der Waals surface area contributed by atoms with E-state index in [0.717, 1.165) is 48.7 Å². The van der Waals surface area contributed by atoms with E-state index in [1.165, 1.54) is 17.7 Å². The van der Waals surface area contributed by atoms with Gasteiger partial charge in [0.25, 0.3) is 0 Å². The molecule has 0 aliphatic carbocycles. The monoisotopic (exact) mass is 567 g/mol. The minimum absolute atomic E-state index is 0.0943. The molecule has 4 rings (SSSR count). The van der Waals surface area contributed by atoms with Crippen molar-refractivity contribution >= 4 is 22.2 Å². The maximum Gasteiger partial charge on any atom is 0.425 e. The molecule has 4 aromatic rings. The summed E-state index contributed by atoms with van der Waals surface area (Å²) < 4.78 is 44.8. The molecule has 1 aromatic heterocycles. The Bertz CT molecular complexity index is 1490. The molecule has 0 N–H and O–H groups in total. The van der Waals surface area contributed by atoms with Crippen LogP contribution in [-0.4, -0.2) is 22.6 Å². The Morgan fingerprint density at radius 1 is 0.949 bits per heavy atom. The zero-order valence-electron chi connectivity index (χ0n) is 21.5. The minimum Gasteiger partial charge on any atom is -0.454 e. The van der Waals surface area contributed by atoms with Crippen molar-refractivity contribution in [2.45, 2.75) is 39.5 Å². The molecular formula is C29H27ClFN3O4S. The van der Waals surface area contributed by atoms with Crippen molar-refractivity contribution < 1.29 is 21.8 Å². The van der Waals surface area contributed by atoms with E-state index in [4.69, 9.17) is 34.2 Å². The second kappa shape index (κ2) is 16.7. The van der Waals surface area contributed by atoms with Crippen molar-refractivity contribution in [1.29, 1.82) is 5.26 Å². The van der Waals surface area contributed by atoms with E-state index >= 15 is 0 Å². The molecule has 0 spiro atoms. The Balaban J connectivity index is 0.000000404. The van der Waals surface area contributed by atoms with Crippen LogP contribution in [0.4, 0.5) is 4.39 Å². The van der Waals surface area contributed by atoms with Gasteiger partial charge >= 0.3 is 10.6 Å². The third-order valence-corrected chi connectivity index (χ3v) is 5.74. The highest BCUT2D eigenvalue weighted by atomic mass is 35.5. The van der Waals surface area contributed by atoms with Gasteiger partial charge in [-0.1, -0.05) is 66.6 Å². The SMILES string of the molecule is CCc1ncnc(CCCc2ccc(Oc3ccc(C#N)cc3F)cc2)c1Cl.Cc1ccccc1.O=S(=O)=O. The first-order chi connectivity index (χ1) is 18.7. The molecule has 1 heterocycles. The van der Waals surface area contributed by atoms with E-state index in [1.54, 1.807) is 18.5 Å². The number of nitrogens with zero attached hydrogens (tertiary/aromatic N) is 3. The quantitative estimate of drug-likeness (QED) is 0.245. The maximum absolute atomic E-state index is 13.9. The van der Waals surface area contributed by atoms with Gasteiger partial charge in [0.1, 0.15) is 12.1 Å². The van der Waals surface area contributed by atoms with Crippen molar-refractivity contribution in [2.24, 2.45) is 0 Å². The number of aromatic nitrogens is 2. The Morgan fingerprint density at radius 3 is 2.13 bits per heavy atom. The molecule has 0 fully saturated rings. The van der Waals surface area contributed by atoms with E-state index in [2.05, 4.69) is 29.0 Å². The van der Waals surface area contributed by atoms with Crippen molar-refractivity contribution in [3.63, 3.8) is 0 Å². The molecule has 0 unspecified atom stereocenters. The highest BCUT2D eigenvalue weighted by molar-refractivity contribution is 7.59. The third-order valence-electron chi connectivity index (χ3n) is 5.30. The fourth-order valence-electron chi connectivity index (χ4n) is 3.37. The van der Waals surface area contributed by atoms with Crippen LogP contribution in [-0.2, 0) is 29.9 Å². The normalized spacial score (nSPS) is 9.72. The number of rotatable bonds is 7. The Hall–Kier alpha value is -4.13. The summed E-state index contributed by atoms with van der Waals surface area (Å²) in [4.78, 5) is 8.46.